The molecule has 1 aliphatic heterocycles. The number of hydrogen-bond acceptors (Lipinski definition) is 8. The van der Waals surface area contributed by atoms with Crippen LogP contribution in [0.5, 0.6) is 0 Å². The molecular weight excluding hydrogens is 360 g/mol. The molecule has 0 radical (unpaired) electrons. The minimum absolute atomic E-state index is 0.416. The van der Waals surface area contributed by atoms with Gasteiger partial charge in [0.2, 0.25) is 5.13 Å². The Morgan fingerprint density at radius 2 is 1.89 bits per heavy atom. The summed E-state index contributed by atoms with van der Waals surface area (Å²) >= 11 is 1.46. The van der Waals surface area contributed by atoms with Crippen LogP contribution in [-0.2, 0) is 6.54 Å². The molecule has 3 aromatic rings. The minimum Gasteiger partial charge on any atom is -0.353 e. The summed E-state index contributed by atoms with van der Waals surface area (Å²) in [4.78, 5) is 9.04. The fourth-order valence-electron chi connectivity index (χ4n) is 3.71. The molecule has 142 valence electrons. The number of fused-ring (bicyclic) bond motifs is 1. The third-order valence-electron chi connectivity index (χ3n) is 5.46. The van der Waals surface area contributed by atoms with E-state index < -0.39 is 0 Å². The van der Waals surface area contributed by atoms with Crippen molar-refractivity contribution >= 4 is 22.3 Å². The maximum absolute atomic E-state index is 4.83. The number of hydrogen-bond donors (Lipinski definition) is 0. The number of rotatable bonds is 5. The largest absolute Gasteiger partial charge is 0.353 e. The molecule has 1 saturated carbocycles. The Balaban J connectivity index is 1.26. The monoisotopic (exact) mass is 384 g/mol. The zero-order valence-electron chi connectivity index (χ0n) is 15.7. The molecule has 0 spiro atoms. The van der Waals surface area contributed by atoms with Crippen molar-refractivity contribution in [1.29, 1.82) is 0 Å². The van der Waals surface area contributed by atoms with Crippen molar-refractivity contribution in [3.8, 4) is 0 Å². The van der Waals surface area contributed by atoms with Gasteiger partial charge in [-0.3, -0.25) is 4.90 Å². The number of nitrogens with zero attached hydrogens (tertiary/aromatic N) is 8. The van der Waals surface area contributed by atoms with Crippen LogP contribution in [0.3, 0.4) is 0 Å². The van der Waals surface area contributed by atoms with Gasteiger partial charge in [0.25, 0.3) is 0 Å². The van der Waals surface area contributed by atoms with E-state index >= 15 is 0 Å². The summed E-state index contributed by atoms with van der Waals surface area (Å²) in [5.74, 6) is 3.00. The lowest BCUT2D eigenvalue weighted by Gasteiger charge is -2.30. The molecule has 27 heavy (non-hydrogen) atoms. The average molecular weight is 385 g/mol. The molecular formula is C18H24N8S. The van der Waals surface area contributed by atoms with Crippen molar-refractivity contribution in [2.24, 2.45) is 0 Å². The van der Waals surface area contributed by atoms with Crippen molar-refractivity contribution in [2.45, 2.75) is 44.1 Å². The Labute approximate surface area is 162 Å². The summed E-state index contributed by atoms with van der Waals surface area (Å²) in [5, 5.41) is 14.6. The Morgan fingerprint density at radius 3 is 2.59 bits per heavy atom. The van der Waals surface area contributed by atoms with E-state index in [9.17, 15) is 0 Å². The second-order valence-corrected chi connectivity index (χ2v) is 8.53. The van der Waals surface area contributed by atoms with Crippen LogP contribution in [-0.4, -0.2) is 61.3 Å². The van der Waals surface area contributed by atoms with Gasteiger partial charge in [-0.2, -0.15) is 14.0 Å². The molecule has 0 N–H and O–H groups in total. The van der Waals surface area contributed by atoms with Gasteiger partial charge in [0, 0.05) is 37.5 Å². The molecule has 1 saturated heterocycles. The lowest BCUT2D eigenvalue weighted by atomic mass is 9.96. The highest BCUT2D eigenvalue weighted by molar-refractivity contribution is 7.09. The van der Waals surface area contributed by atoms with E-state index in [1.165, 1.54) is 30.1 Å². The van der Waals surface area contributed by atoms with Crippen molar-refractivity contribution < 1.29 is 0 Å². The highest BCUT2D eigenvalue weighted by atomic mass is 32.1. The number of aromatic nitrogens is 6. The zero-order valence-corrected chi connectivity index (χ0v) is 16.6. The molecule has 0 bridgehead atoms. The predicted octanol–water partition coefficient (Wildman–Crippen LogP) is 2.30. The van der Waals surface area contributed by atoms with E-state index in [0.29, 0.717) is 11.8 Å². The summed E-state index contributed by atoms with van der Waals surface area (Å²) in [6.45, 7) is 2.87. The van der Waals surface area contributed by atoms with Crippen LogP contribution >= 0.6 is 11.5 Å². The Kier molecular flexibility index (Phi) is 4.28. The van der Waals surface area contributed by atoms with Crippen molar-refractivity contribution in [3.05, 3.63) is 29.5 Å². The molecule has 2 aliphatic rings. The van der Waals surface area contributed by atoms with Crippen molar-refractivity contribution in [1.82, 2.24) is 34.1 Å². The summed E-state index contributed by atoms with van der Waals surface area (Å²) in [6, 6.07) is 4.17. The quantitative estimate of drug-likeness (QED) is 0.668. The van der Waals surface area contributed by atoms with Gasteiger partial charge in [0.05, 0.1) is 12.2 Å². The Hall–Kier alpha value is -2.13. The minimum atomic E-state index is 0.416. The SMILES string of the molecule is CN(C)c1nc(CN2CCC(c3nnc4ccc(C5CC5)nn34)CC2)ns1. The van der Waals surface area contributed by atoms with Crippen molar-refractivity contribution in [3.63, 3.8) is 0 Å². The number of anilines is 1. The number of likely N-dealkylation sites (tertiary alicyclic amines) is 1. The third kappa shape index (κ3) is 3.41. The highest BCUT2D eigenvalue weighted by Gasteiger charge is 2.28. The van der Waals surface area contributed by atoms with Crippen LogP contribution in [0.25, 0.3) is 5.65 Å². The Morgan fingerprint density at radius 1 is 1.07 bits per heavy atom. The van der Waals surface area contributed by atoms with E-state index in [1.54, 1.807) is 0 Å². The van der Waals surface area contributed by atoms with Gasteiger partial charge in [-0.15, -0.1) is 10.2 Å². The molecule has 0 amide bonds. The van der Waals surface area contributed by atoms with Crippen LogP contribution in [0.2, 0.25) is 0 Å². The molecule has 3 aromatic heterocycles. The molecule has 9 heteroatoms. The summed E-state index contributed by atoms with van der Waals surface area (Å²) in [6.07, 6.45) is 4.66. The standard InChI is InChI=1S/C18H24N8S/c1-24(2)18-19-15(23-27-18)11-25-9-7-13(8-10-25)17-21-20-16-6-5-14(12-3-4-12)22-26(16)17/h5-6,12-13H,3-4,7-11H2,1-2H3. The van der Waals surface area contributed by atoms with Gasteiger partial charge in [0.1, 0.15) is 0 Å². The summed E-state index contributed by atoms with van der Waals surface area (Å²) < 4.78 is 6.47. The summed E-state index contributed by atoms with van der Waals surface area (Å²) in [7, 11) is 4.00. The molecule has 1 aliphatic carbocycles. The summed E-state index contributed by atoms with van der Waals surface area (Å²) in [5.41, 5.74) is 2.05. The third-order valence-corrected chi connectivity index (χ3v) is 6.38. The van der Waals surface area contributed by atoms with Gasteiger partial charge < -0.3 is 4.90 Å². The van der Waals surface area contributed by atoms with Gasteiger partial charge in [0.15, 0.2) is 17.3 Å². The Bertz CT molecular complexity index is 936. The first kappa shape index (κ1) is 17.0. The molecule has 0 aromatic carbocycles. The van der Waals surface area contributed by atoms with E-state index in [0.717, 1.165) is 54.9 Å². The van der Waals surface area contributed by atoms with E-state index in [-0.39, 0.29) is 0 Å². The molecule has 0 atom stereocenters. The first-order valence-corrected chi connectivity index (χ1v) is 10.4. The second kappa shape index (κ2) is 6.79. The van der Waals surface area contributed by atoms with Gasteiger partial charge in [-0.1, -0.05) is 0 Å². The molecule has 2 fully saturated rings. The normalized spacial score (nSPS) is 19.0. The van der Waals surface area contributed by atoms with Crippen LogP contribution in [0.1, 0.15) is 54.9 Å². The topological polar surface area (TPSA) is 75.3 Å². The fourth-order valence-corrected chi connectivity index (χ4v) is 4.31. The van der Waals surface area contributed by atoms with Crippen molar-refractivity contribution in [2.75, 3.05) is 32.1 Å². The maximum atomic E-state index is 4.83. The van der Waals surface area contributed by atoms with E-state index in [2.05, 4.69) is 36.6 Å². The second-order valence-electron chi connectivity index (χ2n) is 7.80. The predicted molar refractivity (Wildman–Crippen MR) is 104 cm³/mol. The molecule has 0 unspecified atom stereocenters. The van der Waals surface area contributed by atoms with Crippen LogP contribution < -0.4 is 4.90 Å². The van der Waals surface area contributed by atoms with E-state index in [1.807, 2.05) is 23.5 Å². The lowest BCUT2D eigenvalue weighted by Crippen LogP contribution is -2.33. The smallest absolute Gasteiger partial charge is 0.204 e. The van der Waals surface area contributed by atoms with Gasteiger partial charge in [-0.05, 0) is 50.9 Å². The highest BCUT2D eigenvalue weighted by Crippen LogP contribution is 2.39. The van der Waals surface area contributed by atoms with Crippen LogP contribution in [0.15, 0.2) is 12.1 Å². The van der Waals surface area contributed by atoms with Crippen LogP contribution in [0, 0.1) is 0 Å². The van der Waals surface area contributed by atoms with Gasteiger partial charge >= 0.3 is 0 Å². The molecule has 8 nitrogen and oxygen atoms in total. The first-order chi connectivity index (χ1) is 13.2. The average Bonchev–Trinajstić information content (AvgIpc) is 3.27. The lowest BCUT2D eigenvalue weighted by molar-refractivity contribution is 0.197. The molecule has 4 heterocycles. The van der Waals surface area contributed by atoms with Crippen LogP contribution in [0.4, 0.5) is 5.13 Å². The van der Waals surface area contributed by atoms with Gasteiger partial charge in [-0.25, -0.2) is 4.98 Å². The fraction of sp³-hybridized carbons (Fsp3) is 0.611. The van der Waals surface area contributed by atoms with E-state index in [4.69, 9.17) is 5.10 Å². The maximum Gasteiger partial charge on any atom is 0.204 e. The zero-order chi connectivity index (χ0) is 18.4. The number of piperidine rings is 1. The molecule has 5 rings (SSSR count). The first-order valence-electron chi connectivity index (χ1n) is 9.62.